The Kier molecular flexibility index (Phi) is 4.33. The molecule has 0 aromatic heterocycles. The van der Waals surface area contributed by atoms with Crippen molar-refractivity contribution in [1.82, 2.24) is 0 Å². The number of hydrogen-bond donors (Lipinski definition) is 2. The van der Waals surface area contributed by atoms with Gasteiger partial charge in [-0.15, -0.1) is 0 Å². The van der Waals surface area contributed by atoms with Gasteiger partial charge in [0.1, 0.15) is 46.5 Å². The molecule has 5 rings (SSSR count). The summed E-state index contributed by atoms with van der Waals surface area (Å²) in [6, 6.07) is 6.41. The predicted molar refractivity (Wildman–Crippen MR) is 116 cm³/mol. The van der Waals surface area contributed by atoms with Crippen LogP contribution in [0, 0.1) is 0 Å². The number of phenols is 1. The van der Waals surface area contributed by atoms with Crippen LogP contribution in [0.1, 0.15) is 49.2 Å². The standard InChI is InChI=1S/C25H24O7/c1-13(2)8-10-29-14-5-6-16-18(11-14)30-23-25(16,28)22(27)20-19(31-23)12-17-15(21(20)26)7-9-24(3,4)32-17/h5-9,11-12,23,26,28H,10H2,1-4H3/t23-,25-/m1/s1. The van der Waals surface area contributed by atoms with Gasteiger partial charge in [-0.2, -0.15) is 0 Å². The largest absolute Gasteiger partial charge is 0.506 e. The van der Waals surface area contributed by atoms with Crippen molar-refractivity contribution in [2.24, 2.45) is 0 Å². The first-order chi connectivity index (χ1) is 15.1. The highest BCUT2D eigenvalue weighted by Crippen LogP contribution is 2.53. The number of phenolic OH excluding ortho intramolecular Hbond substituents is 1. The molecule has 3 aliphatic heterocycles. The lowest BCUT2D eigenvalue weighted by atomic mass is 9.83. The van der Waals surface area contributed by atoms with Gasteiger partial charge in [-0.25, -0.2) is 0 Å². The van der Waals surface area contributed by atoms with Crippen molar-refractivity contribution in [2.45, 2.75) is 45.2 Å². The fourth-order valence-electron chi connectivity index (χ4n) is 4.08. The van der Waals surface area contributed by atoms with Crippen molar-refractivity contribution in [3.05, 3.63) is 58.7 Å². The highest BCUT2D eigenvalue weighted by molar-refractivity contribution is 6.10. The first kappa shape index (κ1) is 20.5. The van der Waals surface area contributed by atoms with Crippen LogP contribution in [0.5, 0.6) is 28.7 Å². The lowest BCUT2D eigenvalue weighted by Crippen LogP contribution is -2.51. The van der Waals surface area contributed by atoms with Crippen LogP contribution in [0.2, 0.25) is 0 Å². The van der Waals surface area contributed by atoms with Gasteiger partial charge in [0, 0.05) is 17.7 Å². The fourth-order valence-corrected chi connectivity index (χ4v) is 4.08. The van der Waals surface area contributed by atoms with Crippen molar-refractivity contribution in [3.63, 3.8) is 0 Å². The number of ketones is 1. The molecule has 2 aromatic carbocycles. The van der Waals surface area contributed by atoms with E-state index in [1.807, 2.05) is 33.8 Å². The first-order valence-corrected chi connectivity index (χ1v) is 10.4. The molecule has 7 nitrogen and oxygen atoms in total. The Morgan fingerprint density at radius 2 is 1.91 bits per heavy atom. The summed E-state index contributed by atoms with van der Waals surface area (Å²) in [4.78, 5) is 13.5. The van der Waals surface area contributed by atoms with Gasteiger partial charge in [-0.05, 0) is 58.1 Å². The van der Waals surface area contributed by atoms with Crippen LogP contribution in [0.25, 0.3) is 6.08 Å². The highest BCUT2D eigenvalue weighted by atomic mass is 16.7. The average Bonchev–Trinajstić information content (AvgIpc) is 2.99. The average molecular weight is 436 g/mol. The zero-order valence-corrected chi connectivity index (χ0v) is 18.3. The Balaban J connectivity index is 1.53. The molecule has 3 heterocycles. The number of fused-ring (bicyclic) bond motifs is 5. The fraction of sp³-hybridized carbons (Fsp3) is 0.320. The number of rotatable bonds is 3. The van der Waals surface area contributed by atoms with Crippen molar-refractivity contribution in [2.75, 3.05) is 6.61 Å². The predicted octanol–water partition coefficient (Wildman–Crippen LogP) is 4.10. The highest BCUT2D eigenvalue weighted by Gasteiger charge is 2.60. The third kappa shape index (κ3) is 2.96. The molecule has 0 amide bonds. The molecule has 0 unspecified atom stereocenters. The van der Waals surface area contributed by atoms with Crippen LogP contribution >= 0.6 is 0 Å². The summed E-state index contributed by atoms with van der Waals surface area (Å²) in [7, 11) is 0. The summed E-state index contributed by atoms with van der Waals surface area (Å²) >= 11 is 0. The van der Waals surface area contributed by atoms with Crippen LogP contribution in [-0.2, 0) is 5.60 Å². The van der Waals surface area contributed by atoms with Gasteiger partial charge in [0.25, 0.3) is 6.29 Å². The van der Waals surface area contributed by atoms with E-state index in [0.29, 0.717) is 23.7 Å². The van der Waals surface area contributed by atoms with Gasteiger partial charge in [-0.3, -0.25) is 4.79 Å². The molecule has 0 aliphatic carbocycles. The molecule has 0 radical (unpaired) electrons. The monoisotopic (exact) mass is 436 g/mol. The topological polar surface area (TPSA) is 94.5 Å². The zero-order chi connectivity index (χ0) is 22.8. The molecule has 32 heavy (non-hydrogen) atoms. The van der Waals surface area contributed by atoms with Crippen LogP contribution in [0.15, 0.2) is 42.0 Å². The minimum absolute atomic E-state index is 0.0971. The third-order valence-electron chi connectivity index (χ3n) is 5.78. The van der Waals surface area contributed by atoms with E-state index in [9.17, 15) is 15.0 Å². The Labute approximate surface area is 185 Å². The van der Waals surface area contributed by atoms with Gasteiger partial charge in [0.2, 0.25) is 11.4 Å². The summed E-state index contributed by atoms with van der Waals surface area (Å²) in [5, 5.41) is 22.3. The van der Waals surface area contributed by atoms with Crippen molar-refractivity contribution < 1.29 is 34.0 Å². The molecule has 0 spiro atoms. The maximum Gasteiger partial charge on any atom is 0.281 e. The van der Waals surface area contributed by atoms with E-state index in [1.165, 1.54) is 0 Å². The van der Waals surface area contributed by atoms with E-state index >= 15 is 0 Å². The van der Waals surface area contributed by atoms with E-state index in [-0.39, 0.29) is 28.4 Å². The number of benzene rings is 2. The number of aliphatic hydroxyl groups is 1. The molecule has 0 fully saturated rings. The van der Waals surface area contributed by atoms with Gasteiger partial charge < -0.3 is 29.2 Å². The zero-order valence-electron chi connectivity index (χ0n) is 18.3. The van der Waals surface area contributed by atoms with E-state index < -0.39 is 23.3 Å². The molecular formula is C25H24O7. The number of Topliss-reactive ketones (excluding diaryl/α,β-unsaturated/α-hetero) is 1. The minimum Gasteiger partial charge on any atom is -0.506 e. The molecule has 0 saturated heterocycles. The Hall–Kier alpha value is -3.45. The normalized spacial score (nSPS) is 23.5. The molecule has 0 bridgehead atoms. The summed E-state index contributed by atoms with van der Waals surface area (Å²) in [6.45, 7) is 8.10. The van der Waals surface area contributed by atoms with Crippen molar-refractivity contribution in [3.8, 4) is 28.7 Å². The molecule has 2 atom stereocenters. The molecule has 0 saturated carbocycles. The second kappa shape index (κ2) is 6.77. The Morgan fingerprint density at radius 1 is 1.16 bits per heavy atom. The van der Waals surface area contributed by atoms with Crippen LogP contribution in [0.4, 0.5) is 0 Å². The molecule has 3 aliphatic rings. The molecule has 166 valence electrons. The second-order valence-electron chi connectivity index (χ2n) is 8.96. The quantitative estimate of drug-likeness (QED) is 0.700. The maximum absolute atomic E-state index is 13.5. The van der Waals surface area contributed by atoms with E-state index in [0.717, 1.165) is 5.57 Å². The van der Waals surface area contributed by atoms with Gasteiger partial charge in [-0.1, -0.05) is 5.57 Å². The number of ether oxygens (including phenoxy) is 4. The summed E-state index contributed by atoms with van der Waals surface area (Å²) in [6.07, 6.45) is 4.13. The Bertz CT molecular complexity index is 1200. The number of allylic oxidation sites excluding steroid dienone is 1. The number of hydrogen-bond acceptors (Lipinski definition) is 7. The number of carbonyl (C=O) groups is 1. The third-order valence-corrected chi connectivity index (χ3v) is 5.78. The first-order valence-electron chi connectivity index (χ1n) is 10.4. The number of carbonyl (C=O) groups excluding carboxylic acids is 1. The summed E-state index contributed by atoms with van der Waals surface area (Å²) < 4.78 is 23.3. The van der Waals surface area contributed by atoms with E-state index in [4.69, 9.17) is 18.9 Å². The van der Waals surface area contributed by atoms with Gasteiger partial charge in [0.05, 0.1) is 5.56 Å². The van der Waals surface area contributed by atoms with Gasteiger partial charge >= 0.3 is 0 Å². The lowest BCUT2D eigenvalue weighted by molar-refractivity contribution is -0.118. The van der Waals surface area contributed by atoms with Gasteiger partial charge in [0.15, 0.2) is 0 Å². The minimum atomic E-state index is -2.09. The smallest absolute Gasteiger partial charge is 0.281 e. The molecule has 2 N–H and O–H groups in total. The van der Waals surface area contributed by atoms with Crippen molar-refractivity contribution in [1.29, 1.82) is 0 Å². The SMILES string of the molecule is CC(C)=CCOc1ccc2c(c1)O[C@@H]1Oc3cc4c(c(O)c3C(=O)[C@]21O)C=CC(C)(C)O4. The summed E-state index contributed by atoms with van der Waals surface area (Å²) in [5.41, 5.74) is -1.01. The van der Waals surface area contributed by atoms with Crippen LogP contribution in [0.3, 0.4) is 0 Å². The summed E-state index contributed by atoms with van der Waals surface area (Å²) in [5.74, 6) is 0.315. The molecule has 7 heteroatoms. The molecular weight excluding hydrogens is 412 g/mol. The lowest BCUT2D eigenvalue weighted by Gasteiger charge is -2.35. The Morgan fingerprint density at radius 3 is 2.66 bits per heavy atom. The number of aromatic hydroxyl groups is 1. The van der Waals surface area contributed by atoms with E-state index in [2.05, 4.69) is 0 Å². The van der Waals surface area contributed by atoms with Crippen molar-refractivity contribution >= 4 is 11.9 Å². The van der Waals surface area contributed by atoms with E-state index in [1.54, 1.807) is 36.4 Å². The maximum atomic E-state index is 13.5. The second-order valence-corrected chi connectivity index (χ2v) is 8.96. The van der Waals surface area contributed by atoms with Crippen LogP contribution in [-0.4, -0.2) is 34.5 Å². The van der Waals surface area contributed by atoms with Crippen LogP contribution < -0.4 is 18.9 Å². The molecule has 2 aromatic rings.